The third-order valence-electron chi connectivity index (χ3n) is 5.43. The number of thioether (sulfide) groups is 1. The normalized spacial score (nSPS) is 14.8. The van der Waals surface area contributed by atoms with E-state index < -0.39 is 10.0 Å². The first-order valence-corrected chi connectivity index (χ1v) is 13.5. The lowest BCUT2D eigenvalue weighted by molar-refractivity contribution is -0.129. The van der Waals surface area contributed by atoms with E-state index in [-0.39, 0.29) is 29.6 Å². The summed E-state index contributed by atoms with van der Waals surface area (Å²) in [6.45, 7) is 5.53. The number of carbonyl (C=O) groups is 1. The van der Waals surface area contributed by atoms with Gasteiger partial charge in [-0.1, -0.05) is 47.6 Å². The highest BCUT2D eigenvalue weighted by atomic mass is 35.5. The summed E-state index contributed by atoms with van der Waals surface area (Å²) in [7, 11) is -3.55. The Morgan fingerprint density at radius 1 is 1.03 bits per heavy atom. The van der Waals surface area contributed by atoms with Gasteiger partial charge in [-0.3, -0.25) is 9.36 Å². The Balaban J connectivity index is 1.37. The summed E-state index contributed by atoms with van der Waals surface area (Å²) in [5.74, 6) is 0.788. The zero-order valence-electron chi connectivity index (χ0n) is 18.4. The van der Waals surface area contributed by atoms with Gasteiger partial charge in [-0.05, 0) is 36.4 Å². The third kappa shape index (κ3) is 5.35. The molecule has 1 aliphatic rings. The Kier molecular flexibility index (Phi) is 7.72. The minimum atomic E-state index is -3.55. The van der Waals surface area contributed by atoms with Crippen molar-refractivity contribution in [3.8, 4) is 11.4 Å². The SMILES string of the molecule is C=CCn1c(SCC(=O)N2CCN(S(=O)(=O)c3ccccc3)CC2)nnc1-c1ccc(Cl)cc1. The number of amides is 1. The average Bonchev–Trinajstić information content (AvgIpc) is 3.26. The van der Waals surface area contributed by atoms with Crippen molar-refractivity contribution < 1.29 is 13.2 Å². The van der Waals surface area contributed by atoms with Gasteiger partial charge in [-0.25, -0.2) is 8.42 Å². The number of allylic oxidation sites excluding steroid dienone is 1. The summed E-state index contributed by atoms with van der Waals surface area (Å²) < 4.78 is 28.9. The highest BCUT2D eigenvalue weighted by Crippen LogP contribution is 2.26. The van der Waals surface area contributed by atoms with E-state index >= 15 is 0 Å². The highest BCUT2D eigenvalue weighted by molar-refractivity contribution is 7.99. The molecule has 11 heteroatoms. The molecule has 1 aliphatic heterocycles. The molecule has 0 bridgehead atoms. The van der Waals surface area contributed by atoms with Crippen LogP contribution < -0.4 is 0 Å². The fraction of sp³-hybridized carbons (Fsp3) is 0.261. The van der Waals surface area contributed by atoms with Gasteiger partial charge >= 0.3 is 0 Å². The van der Waals surface area contributed by atoms with Crippen LogP contribution in [0, 0.1) is 0 Å². The Morgan fingerprint density at radius 2 is 1.71 bits per heavy atom. The highest BCUT2D eigenvalue weighted by Gasteiger charge is 2.30. The molecule has 0 spiro atoms. The van der Waals surface area contributed by atoms with E-state index in [1.807, 2.05) is 16.7 Å². The number of piperazine rings is 1. The van der Waals surface area contributed by atoms with Crippen LogP contribution in [-0.2, 0) is 21.4 Å². The molecule has 0 radical (unpaired) electrons. The van der Waals surface area contributed by atoms with E-state index in [1.165, 1.54) is 16.1 Å². The zero-order valence-corrected chi connectivity index (χ0v) is 20.8. The summed E-state index contributed by atoms with van der Waals surface area (Å²) in [6.07, 6.45) is 1.75. The van der Waals surface area contributed by atoms with E-state index in [4.69, 9.17) is 11.6 Å². The molecule has 1 aromatic heterocycles. The number of rotatable bonds is 8. The van der Waals surface area contributed by atoms with E-state index in [1.54, 1.807) is 53.4 Å². The van der Waals surface area contributed by atoms with Gasteiger partial charge in [0.05, 0.1) is 10.6 Å². The molecular formula is C23H24ClN5O3S2. The maximum atomic E-state index is 12.8. The predicted molar refractivity (Wildman–Crippen MR) is 133 cm³/mol. The smallest absolute Gasteiger partial charge is 0.243 e. The zero-order chi connectivity index (χ0) is 24.1. The summed E-state index contributed by atoms with van der Waals surface area (Å²) >= 11 is 7.29. The van der Waals surface area contributed by atoms with Crippen LogP contribution in [0.25, 0.3) is 11.4 Å². The molecule has 0 atom stereocenters. The van der Waals surface area contributed by atoms with E-state index in [0.29, 0.717) is 35.6 Å². The van der Waals surface area contributed by atoms with Crippen LogP contribution >= 0.6 is 23.4 Å². The van der Waals surface area contributed by atoms with Crippen LogP contribution in [0.1, 0.15) is 0 Å². The fourth-order valence-corrected chi connectivity index (χ4v) is 6.06. The molecule has 0 unspecified atom stereocenters. The summed E-state index contributed by atoms with van der Waals surface area (Å²) in [6, 6.07) is 15.7. The number of carbonyl (C=O) groups excluding carboxylic acids is 1. The third-order valence-corrected chi connectivity index (χ3v) is 8.54. The van der Waals surface area contributed by atoms with Gasteiger partial charge in [-0.15, -0.1) is 16.8 Å². The maximum Gasteiger partial charge on any atom is 0.243 e. The second-order valence-corrected chi connectivity index (χ2v) is 10.9. The molecule has 1 saturated heterocycles. The molecule has 3 aromatic rings. The van der Waals surface area contributed by atoms with Gasteiger partial charge in [0.1, 0.15) is 0 Å². The van der Waals surface area contributed by atoms with Crippen molar-refractivity contribution in [3.05, 3.63) is 72.3 Å². The fourth-order valence-electron chi connectivity index (χ4n) is 3.64. The van der Waals surface area contributed by atoms with Crippen LogP contribution in [0.4, 0.5) is 0 Å². The van der Waals surface area contributed by atoms with Crippen molar-refractivity contribution in [1.82, 2.24) is 24.0 Å². The van der Waals surface area contributed by atoms with Crippen LogP contribution in [0.5, 0.6) is 0 Å². The maximum absolute atomic E-state index is 12.8. The van der Waals surface area contributed by atoms with Crippen LogP contribution in [0.3, 0.4) is 0 Å². The first kappa shape index (κ1) is 24.5. The molecule has 0 saturated carbocycles. The summed E-state index contributed by atoms with van der Waals surface area (Å²) in [4.78, 5) is 14.8. The number of benzene rings is 2. The van der Waals surface area contributed by atoms with Crippen LogP contribution in [-0.4, -0.2) is 70.2 Å². The van der Waals surface area contributed by atoms with Gasteiger partial charge in [0.2, 0.25) is 15.9 Å². The minimum absolute atomic E-state index is 0.0667. The quantitative estimate of drug-likeness (QED) is 0.336. The Hall–Kier alpha value is -2.66. The second-order valence-electron chi connectivity index (χ2n) is 7.60. The molecule has 0 aliphatic carbocycles. The van der Waals surface area contributed by atoms with Crippen molar-refractivity contribution in [1.29, 1.82) is 0 Å². The summed E-state index contributed by atoms with van der Waals surface area (Å²) in [5.41, 5.74) is 0.868. The number of halogens is 1. The lowest BCUT2D eigenvalue weighted by atomic mass is 10.2. The van der Waals surface area contributed by atoms with Gasteiger partial charge in [0.15, 0.2) is 11.0 Å². The number of hydrogen-bond donors (Lipinski definition) is 0. The van der Waals surface area contributed by atoms with Gasteiger partial charge in [0.25, 0.3) is 0 Å². The van der Waals surface area contributed by atoms with E-state index in [2.05, 4.69) is 16.8 Å². The van der Waals surface area contributed by atoms with Crippen molar-refractivity contribution in [3.63, 3.8) is 0 Å². The Morgan fingerprint density at radius 3 is 2.35 bits per heavy atom. The van der Waals surface area contributed by atoms with Crippen LogP contribution in [0.15, 0.2) is 77.3 Å². The minimum Gasteiger partial charge on any atom is -0.339 e. The average molecular weight is 518 g/mol. The molecule has 0 N–H and O–H groups in total. The molecule has 2 aromatic carbocycles. The second kappa shape index (κ2) is 10.7. The monoisotopic (exact) mass is 517 g/mol. The van der Waals surface area contributed by atoms with Gasteiger partial charge in [0, 0.05) is 43.3 Å². The predicted octanol–water partition coefficient (Wildman–Crippen LogP) is 3.41. The number of aromatic nitrogens is 3. The molecule has 1 fully saturated rings. The lowest BCUT2D eigenvalue weighted by Crippen LogP contribution is -2.50. The molecule has 2 heterocycles. The molecule has 8 nitrogen and oxygen atoms in total. The molecule has 34 heavy (non-hydrogen) atoms. The number of sulfonamides is 1. The first-order valence-electron chi connectivity index (χ1n) is 10.7. The molecule has 4 rings (SSSR count). The van der Waals surface area contributed by atoms with Gasteiger partial charge < -0.3 is 4.90 Å². The lowest BCUT2D eigenvalue weighted by Gasteiger charge is -2.34. The number of nitrogens with zero attached hydrogens (tertiary/aromatic N) is 5. The van der Waals surface area contributed by atoms with E-state index in [9.17, 15) is 13.2 Å². The van der Waals surface area contributed by atoms with Crippen LogP contribution in [0.2, 0.25) is 5.02 Å². The number of hydrogen-bond acceptors (Lipinski definition) is 6. The van der Waals surface area contributed by atoms with Crippen molar-refractivity contribution in [2.75, 3.05) is 31.9 Å². The Bertz CT molecular complexity index is 1260. The standard InChI is InChI=1S/C23H24ClN5O3S2/c1-2-12-29-22(18-8-10-19(24)11-9-18)25-26-23(29)33-17-21(30)27-13-15-28(16-14-27)34(31,32)20-6-4-3-5-7-20/h2-11H,1,12-17H2. The molecular weight excluding hydrogens is 494 g/mol. The Labute approximate surface area is 208 Å². The molecule has 1 amide bonds. The van der Waals surface area contributed by atoms with Crippen molar-refractivity contribution in [2.24, 2.45) is 0 Å². The summed E-state index contributed by atoms with van der Waals surface area (Å²) in [5, 5.41) is 9.81. The van der Waals surface area contributed by atoms with E-state index in [0.717, 1.165) is 5.56 Å². The topological polar surface area (TPSA) is 88.4 Å². The van der Waals surface area contributed by atoms with Crippen molar-refractivity contribution >= 4 is 39.3 Å². The van der Waals surface area contributed by atoms with Crippen molar-refractivity contribution in [2.45, 2.75) is 16.6 Å². The molecule has 178 valence electrons. The van der Waals surface area contributed by atoms with Gasteiger partial charge in [-0.2, -0.15) is 4.31 Å². The largest absolute Gasteiger partial charge is 0.339 e. The first-order chi connectivity index (χ1) is 16.4.